The van der Waals surface area contributed by atoms with E-state index in [1.165, 1.54) is 0 Å². The lowest BCUT2D eigenvalue weighted by Gasteiger charge is -1.98. The van der Waals surface area contributed by atoms with Gasteiger partial charge in [0.2, 0.25) is 0 Å². The molecule has 4 nitrogen and oxygen atoms in total. The fourth-order valence-electron chi connectivity index (χ4n) is 1.30. The first-order chi connectivity index (χ1) is 6.66. The van der Waals surface area contributed by atoms with Crippen LogP contribution in [0.2, 0.25) is 0 Å². The van der Waals surface area contributed by atoms with Crippen LogP contribution in [-0.2, 0) is 11.2 Å². The van der Waals surface area contributed by atoms with Crippen LogP contribution >= 0.6 is 15.9 Å². The van der Waals surface area contributed by atoms with E-state index in [0.29, 0.717) is 6.42 Å². The van der Waals surface area contributed by atoms with Crippen LogP contribution in [0.1, 0.15) is 12.6 Å². The lowest BCUT2D eigenvalue weighted by atomic mass is 10.2. The molecule has 0 bridgehead atoms. The van der Waals surface area contributed by atoms with Crippen LogP contribution in [0.5, 0.6) is 0 Å². The maximum atomic E-state index is 11.0. The molecule has 14 heavy (non-hydrogen) atoms. The van der Waals surface area contributed by atoms with Gasteiger partial charge >= 0.3 is 0 Å². The van der Waals surface area contributed by atoms with Gasteiger partial charge in [-0.2, -0.15) is 0 Å². The van der Waals surface area contributed by atoms with E-state index in [4.69, 9.17) is 0 Å². The van der Waals surface area contributed by atoms with Gasteiger partial charge in [0.15, 0.2) is 5.65 Å². The number of Topliss-reactive ketones (excluding diaryl/α,β-unsaturated/α-hetero) is 1. The smallest absolute Gasteiger partial charge is 0.155 e. The molecule has 72 valence electrons. The molecule has 2 aromatic rings. The van der Waals surface area contributed by atoms with E-state index in [0.717, 1.165) is 15.9 Å². The first-order valence-corrected chi connectivity index (χ1v) is 4.93. The fourth-order valence-corrected chi connectivity index (χ4v) is 1.61. The number of nitrogens with zero attached hydrogens (tertiary/aromatic N) is 3. The Morgan fingerprint density at radius 2 is 2.29 bits per heavy atom. The lowest BCUT2D eigenvalue weighted by Crippen LogP contribution is -2.00. The van der Waals surface area contributed by atoms with E-state index < -0.39 is 0 Å². The molecule has 0 amide bonds. The molecule has 2 rings (SSSR count). The second kappa shape index (κ2) is 3.49. The molecule has 0 fully saturated rings. The quantitative estimate of drug-likeness (QED) is 0.818. The molecule has 2 heterocycles. The number of hydrogen-bond donors (Lipinski definition) is 0. The van der Waals surface area contributed by atoms with E-state index in [-0.39, 0.29) is 5.78 Å². The van der Waals surface area contributed by atoms with Gasteiger partial charge in [0.25, 0.3) is 0 Å². The van der Waals surface area contributed by atoms with Crippen LogP contribution in [0.4, 0.5) is 0 Å². The SMILES string of the molecule is CC(=O)Cc1cnc2cnc(Br)cn12. The van der Waals surface area contributed by atoms with E-state index >= 15 is 0 Å². The molecule has 0 aliphatic carbocycles. The normalized spacial score (nSPS) is 10.7. The molecule has 0 radical (unpaired) electrons. The number of carbonyl (C=O) groups excluding carboxylic acids is 1. The Hall–Kier alpha value is -1.23. The number of hydrogen-bond acceptors (Lipinski definition) is 3. The Morgan fingerprint density at radius 1 is 1.50 bits per heavy atom. The topological polar surface area (TPSA) is 47.3 Å². The third kappa shape index (κ3) is 1.68. The number of aromatic nitrogens is 3. The maximum Gasteiger partial charge on any atom is 0.155 e. The van der Waals surface area contributed by atoms with Crippen LogP contribution in [-0.4, -0.2) is 20.2 Å². The predicted molar refractivity (Wildman–Crippen MR) is 55.1 cm³/mol. The van der Waals surface area contributed by atoms with Gasteiger partial charge in [-0.25, -0.2) is 9.97 Å². The summed E-state index contributed by atoms with van der Waals surface area (Å²) >= 11 is 3.27. The van der Waals surface area contributed by atoms with Crippen molar-refractivity contribution < 1.29 is 4.79 Å². The summed E-state index contributed by atoms with van der Waals surface area (Å²) in [7, 11) is 0. The average Bonchev–Trinajstić information content (AvgIpc) is 2.47. The number of carbonyl (C=O) groups is 1. The highest BCUT2D eigenvalue weighted by molar-refractivity contribution is 9.10. The Bertz CT molecular complexity index is 492. The van der Waals surface area contributed by atoms with Crippen molar-refractivity contribution in [2.75, 3.05) is 0 Å². The number of rotatable bonds is 2. The second-order valence-corrected chi connectivity index (χ2v) is 3.88. The summed E-state index contributed by atoms with van der Waals surface area (Å²) in [6.45, 7) is 1.57. The molecule has 0 saturated carbocycles. The van der Waals surface area contributed by atoms with Gasteiger partial charge in [-0.3, -0.25) is 9.20 Å². The highest BCUT2D eigenvalue weighted by atomic mass is 79.9. The van der Waals surface area contributed by atoms with Crippen LogP contribution in [0, 0.1) is 0 Å². The number of halogens is 1. The highest BCUT2D eigenvalue weighted by Crippen LogP contribution is 2.11. The predicted octanol–water partition coefficient (Wildman–Crippen LogP) is 1.62. The molecule has 0 aliphatic rings. The summed E-state index contributed by atoms with van der Waals surface area (Å²) in [6.07, 6.45) is 5.57. The molecular formula is C9H8BrN3O. The van der Waals surface area contributed by atoms with Crippen molar-refractivity contribution in [1.29, 1.82) is 0 Å². The molecular weight excluding hydrogens is 246 g/mol. The van der Waals surface area contributed by atoms with Crippen LogP contribution in [0.3, 0.4) is 0 Å². The second-order valence-electron chi connectivity index (χ2n) is 3.07. The molecule has 0 aromatic carbocycles. The summed E-state index contributed by atoms with van der Waals surface area (Å²) in [5.74, 6) is 0.125. The van der Waals surface area contributed by atoms with E-state index in [9.17, 15) is 4.79 Å². The molecule has 0 aliphatic heterocycles. The fraction of sp³-hybridized carbons (Fsp3) is 0.222. The molecule has 0 unspecified atom stereocenters. The van der Waals surface area contributed by atoms with Gasteiger partial charge < -0.3 is 0 Å². The Kier molecular flexibility index (Phi) is 2.33. The van der Waals surface area contributed by atoms with Crippen LogP contribution < -0.4 is 0 Å². The number of imidazole rings is 1. The number of ketones is 1. The summed E-state index contributed by atoms with van der Waals surface area (Å²) < 4.78 is 2.59. The van der Waals surface area contributed by atoms with Crippen molar-refractivity contribution in [3.05, 3.63) is 28.9 Å². The minimum Gasteiger partial charge on any atom is -0.300 e. The summed E-state index contributed by atoms with van der Waals surface area (Å²) in [5.41, 5.74) is 1.64. The first kappa shape index (κ1) is 9.33. The van der Waals surface area contributed by atoms with E-state index in [1.807, 2.05) is 4.40 Å². The summed E-state index contributed by atoms with van der Waals surface area (Å²) in [5, 5.41) is 0. The summed E-state index contributed by atoms with van der Waals surface area (Å²) in [4.78, 5) is 19.2. The molecule has 0 atom stereocenters. The van der Waals surface area contributed by atoms with E-state index in [1.54, 1.807) is 25.5 Å². The minimum absolute atomic E-state index is 0.125. The van der Waals surface area contributed by atoms with Gasteiger partial charge in [0.05, 0.1) is 6.20 Å². The Labute approximate surface area is 89.1 Å². The third-order valence-corrected chi connectivity index (χ3v) is 2.28. The van der Waals surface area contributed by atoms with Gasteiger partial charge in [-0.1, -0.05) is 0 Å². The minimum atomic E-state index is 0.125. The highest BCUT2D eigenvalue weighted by Gasteiger charge is 2.05. The van der Waals surface area contributed by atoms with Crippen LogP contribution in [0.15, 0.2) is 23.2 Å². The zero-order chi connectivity index (χ0) is 10.1. The molecule has 0 spiro atoms. The van der Waals surface area contributed by atoms with Crippen molar-refractivity contribution in [2.45, 2.75) is 13.3 Å². The Balaban J connectivity index is 2.55. The van der Waals surface area contributed by atoms with Gasteiger partial charge in [-0.05, 0) is 22.9 Å². The van der Waals surface area contributed by atoms with Gasteiger partial charge in [0, 0.05) is 24.5 Å². The van der Waals surface area contributed by atoms with Crippen molar-refractivity contribution >= 4 is 27.4 Å². The van der Waals surface area contributed by atoms with Crippen molar-refractivity contribution in [3.8, 4) is 0 Å². The standard InChI is InChI=1S/C9H8BrN3O/c1-6(14)2-7-3-12-9-4-11-8(10)5-13(7)9/h3-5H,2H2,1H3. The molecule has 0 saturated heterocycles. The van der Waals surface area contributed by atoms with Crippen LogP contribution in [0.25, 0.3) is 5.65 Å². The zero-order valence-corrected chi connectivity index (χ0v) is 9.15. The van der Waals surface area contributed by atoms with Crippen molar-refractivity contribution in [2.24, 2.45) is 0 Å². The Morgan fingerprint density at radius 3 is 3.00 bits per heavy atom. The lowest BCUT2D eigenvalue weighted by molar-refractivity contribution is -0.116. The zero-order valence-electron chi connectivity index (χ0n) is 7.57. The van der Waals surface area contributed by atoms with Crippen molar-refractivity contribution in [1.82, 2.24) is 14.4 Å². The third-order valence-electron chi connectivity index (χ3n) is 1.87. The number of fused-ring (bicyclic) bond motifs is 1. The average molecular weight is 254 g/mol. The van der Waals surface area contributed by atoms with Gasteiger partial charge in [-0.15, -0.1) is 0 Å². The summed E-state index contributed by atoms with van der Waals surface area (Å²) in [6, 6.07) is 0. The largest absolute Gasteiger partial charge is 0.300 e. The maximum absolute atomic E-state index is 11.0. The molecule has 0 N–H and O–H groups in total. The van der Waals surface area contributed by atoms with Gasteiger partial charge in [0.1, 0.15) is 10.4 Å². The first-order valence-electron chi connectivity index (χ1n) is 4.14. The molecule has 2 aromatic heterocycles. The monoisotopic (exact) mass is 253 g/mol. The van der Waals surface area contributed by atoms with Crippen molar-refractivity contribution in [3.63, 3.8) is 0 Å². The molecule has 5 heteroatoms. The van der Waals surface area contributed by atoms with E-state index in [2.05, 4.69) is 25.9 Å².